The Bertz CT molecular complexity index is 383. The van der Waals surface area contributed by atoms with Crippen molar-refractivity contribution in [2.24, 2.45) is 0 Å². The largest absolute Gasteiger partial charge is 0.414 e. The minimum absolute atomic E-state index is 0.282. The van der Waals surface area contributed by atoms with Gasteiger partial charge < -0.3 is 10.1 Å². The quantitative estimate of drug-likeness (QED) is 0.805. The standard InChI is InChI=1S/C11H16N2O2S/c1-7-11(15-8(2)14)16-10(13-7)9-5-3-4-6-12-9/h9,12H,3-6H2,1-2H3. The smallest absolute Gasteiger partial charge is 0.308 e. The van der Waals surface area contributed by atoms with E-state index in [1.165, 1.54) is 31.1 Å². The molecular formula is C11H16N2O2S. The lowest BCUT2D eigenvalue weighted by Crippen LogP contribution is -2.26. The highest BCUT2D eigenvalue weighted by Gasteiger charge is 2.20. The molecule has 1 atom stereocenters. The third-order valence-corrected chi connectivity index (χ3v) is 3.76. The highest BCUT2D eigenvalue weighted by molar-refractivity contribution is 7.13. The average Bonchev–Trinajstić information content (AvgIpc) is 2.61. The molecule has 2 rings (SSSR count). The Morgan fingerprint density at radius 1 is 1.56 bits per heavy atom. The number of thiazole rings is 1. The Balaban J connectivity index is 2.12. The van der Waals surface area contributed by atoms with E-state index < -0.39 is 0 Å². The molecule has 0 amide bonds. The second kappa shape index (κ2) is 4.93. The number of ether oxygens (including phenoxy) is 1. The number of piperidine rings is 1. The van der Waals surface area contributed by atoms with Crippen LogP contribution in [0, 0.1) is 6.92 Å². The second-order valence-corrected chi connectivity index (χ2v) is 5.01. The third kappa shape index (κ3) is 2.59. The summed E-state index contributed by atoms with van der Waals surface area (Å²) in [5.74, 6) is -0.282. The van der Waals surface area contributed by atoms with Crippen LogP contribution in [-0.4, -0.2) is 17.5 Å². The molecule has 2 heterocycles. The summed E-state index contributed by atoms with van der Waals surface area (Å²) in [6.45, 7) is 4.34. The summed E-state index contributed by atoms with van der Waals surface area (Å²) >= 11 is 1.48. The molecular weight excluding hydrogens is 224 g/mol. The number of nitrogens with one attached hydrogen (secondary N) is 1. The molecule has 1 aromatic heterocycles. The van der Waals surface area contributed by atoms with E-state index in [1.807, 2.05) is 6.92 Å². The van der Waals surface area contributed by atoms with Crippen LogP contribution in [0.1, 0.15) is 42.9 Å². The van der Waals surface area contributed by atoms with E-state index in [1.54, 1.807) is 0 Å². The van der Waals surface area contributed by atoms with E-state index in [-0.39, 0.29) is 5.97 Å². The van der Waals surface area contributed by atoms with Gasteiger partial charge in [-0.05, 0) is 26.3 Å². The molecule has 1 unspecified atom stereocenters. The molecule has 1 aliphatic heterocycles. The van der Waals surface area contributed by atoms with E-state index in [9.17, 15) is 4.79 Å². The van der Waals surface area contributed by atoms with Gasteiger partial charge in [0, 0.05) is 6.92 Å². The zero-order valence-corrected chi connectivity index (χ0v) is 10.4. The molecule has 1 fully saturated rings. The van der Waals surface area contributed by atoms with Gasteiger partial charge in [-0.25, -0.2) is 4.98 Å². The van der Waals surface area contributed by atoms with E-state index in [0.717, 1.165) is 23.7 Å². The fraction of sp³-hybridized carbons (Fsp3) is 0.636. The van der Waals surface area contributed by atoms with Crippen LogP contribution >= 0.6 is 11.3 Å². The lowest BCUT2D eigenvalue weighted by Gasteiger charge is -2.20. The van der Waals surface area contributed by atoms with Crippen LogP contribution in [0.2, 0.25) is 0 Å². The SMILES string of the molecule is CC(=O)Oc1sc(C2CCCCN2)nc1C. The molecule has 0 saturated carbocycles. The minimum Gasteiger partial charge on any atom is -0.414 e. The van der Waals surface area contributed by atoms with Crippen molar-refractivity contribution >= 4 is 17.3 Å². The van der Waals surface area contributed by atoms with Crippen molar-refractivity contribution in [2.75, 3.05) is 6.54 Å². The molecule has 4 nitrogen and oxygen atoms in total. The predicted octanol–water partition coefficient (Wildman–Crippen LogP) is 2.19. The maximum atomic E-state index is 10.9. The summed E-state index contributed by atoms with van der Waals surface area (Å²) in [5, 5.41) is 5.11. The number of hydrogen-bond donors (Lipinski definition) is 1. The van der Waals surface area contributed by atoms with Crippen LogP contribution in [0.4, 0.5) is 0 Å². The first-order chi connectivity index (χ1) is 7.66. The number of rotatable bonds is 2. The Labute approximate surface area is 99.0 Å². The van der Waals surface area contributed by atoms with Crippen molar-refractivity contribution in [2.45, 2.75) is 39.2 Å². The topological polar surface area (TPSA) is 51.2 Å². The Morgan fingerprint density at radius 3 is 3.00 bits per heavy atom. The normalized spacial score (nSPS) is 20.8. The van der Waals surface area contributed by atoms with Crippen molar-refractivity contribution in [1.29, 1.82) is 0 Å². The van der Waals surface area contributed by atoms with Gasteiger partial charge in [0.2, 0.25) is 5.06 Å². The van der Waals surface area contributed by atoms with Gasteiger partial charge in [-0.1, -0.05) is 17.8 Å². The summed E-state index contributed by atoms with van der Waals surface area (Å²) in [7, 11) is 0. The van der Waals surface area contributed by atoms with E-state index in [0.29, 0.717) is 11.1 Å². The Hall–Kier alpha value is -0.940. The summed E-state index contributed by atoms with van der Waals surface area (Å²) in [4.78, 5) is 15.4. The Morgan fingerprint density at radius 2 is 2.38 bits per heavy atom. The summed E-state index contributed by atoms with van der Waals surface area (Å²) in [6.07, 6.45) is 3.59. The van der Waals surface area contributed by atoms with Gasteiger partial charge in [0.25, 0.3) is 0 Å². The van der Waals surface area contributed by atoms with Gasteiger partial charge in [-0.3, -0.25) is 4.79 Å². The van der Waals surface area contributed by atoms with E-state index >= 15 is 0 Å². The van der Waals surface area contributed by atoms with Crippen LogP contribution in [0.25, 0.3) is 0 Å². The molecule has 5 heteroatoms. The third-order valence-electron chi connectivity index (χ3n) is 2.62. The first-order valence-corrected chi connectivity index (χ1v) is 6.37. The average molecular weight is 240 g/mol. The summed E-state index contributed by atoms with van der Waals surface area (Å²) in [6, 6.07) is 0.335. The monoisotopic (exact) mass is 240 g/mol. The number of nitrogens with zero attached hydrogens (tertiary/aromatic N) is 1. The first kappa shape index (κ1) is 11.5. The molecule has 1 saturated heterocycles. The van der Waals surface area contributed by atoms with Crippen molar-refractivity contribution in [1.82, 2.24) is 10.3 Å². The Kier molecular flexibility index (Phi) is 3.56. The summed E-state index contributed by atoms with van der Waals surface area (Å²) < 4.78 is 5.11. The van der Waals surface area contributed by atoms with Gasteiger partial charge in [-0.2, -0.15) is 0 Å². The number of aromatic nitrogens is 1. The lowest BCUT2D eigenvalue weighted by molar-refractivity contribution is -0.131. The fourth-order valence-electron chi connectivity index (χ4n) is 1.84. The molecule has 1 aromatic rings. The lowest BCUT2D eigenvalue weighted by atomic mass is 10.1. The maximum Gasteiger partial charge on any atom is 0.308 e. The molecule has 16 heavy (non-hydrogen) atoms. The molecule has 88 valence electrons. The molecule has 1 aliphatic rings. The van der Waals surface area contributed by atoms with Crippen LogP contribution in [0.3, 0.4) is 0 Å². The van der Waals surface area contributed by atoms with Gasteiger partial charge in [0.1, 0.15) is 5.01 Å². The fourth-order valence-corrected chi connectivity index (χ4v) is 2.91. The maximum absolute atomic E-state index is 10.9. The van der Waals surface area contributed by atoms with Gasteiger partial charge >= 0.3 is 5.97 Å². The van der Waals surface area contributed by atoms with Crippen molar-refractivity contribution < 1.29 is 9.53 Å². The molecule has 0 spiro atoms. The summed E-state index contributed by atoms with van der Waals surface area (Å²) in [5.41, 5.74) is 0.808. The minimum atomic E-state index is -0.282. The van der Waals surface area contributed by atoms with Gasteiger partial charge in [0.05, 0.1) is 11.7 Å². The van der Waals surface area contributed by atoms with Crippen LogP contribution in [0.15, 0.2) is 0 Å². The number of hydrogen-bond acceptors (Lipinski definition) is 5. The molecule has 0 bridgehead atoms. The second-order valence-electron chi connectivity index (χ2n) is 4.02. The number of carbonyl (C=O) groups excluding carboxylic acids is 1. The van der Waals surface area contributed by atoms with Gasteiger partial charge in [0.15, 0.2) is 0 Å². The number of esters is 1. The van der Waals surface area contributed by atoms with Crippen molar-refractivity contribution in [3.05, 3.63) is 10.7 Å². The predicted molar refractivity (Wildman–Crippen MR) is 62.8 cm³/mol. The van der Waals surface area contributed by atoms with Crippen molar-refractivity contribution in [3.63, 3.8) is 0 Å². The van der Waals surface area contributed by atoms with Gasteiger partial charge in [-0.15, -0.1) is 0 Å². The van der Waals surface area contributed by atoms with Crippen LogP contribution < -0.4 is 10.1 Å². The van der Waals surface area contributed by atoms with Crippen molar-refractivity contribution in [3.8, 4) is 5.06 Å². The zero-order valence-electron chi connectivity index (χ0n) is 9.58. The first-order valence-electron chi connectivity index (χ1n) is 5.56. The van der Waals surface area contributed by atoms with Crippen LogP contribution in [-0.2, 0) is 4.79 Å². The molecule has 0 aromatic carbocycles. The van der Waals surface area contributed by atoms with E-state index in [4.69, 9.17) is 4.74 Å². The molecule has 0 radical (unpaired) electrons. The van der Waals surface area contributed by atoms with Crippen LogP contribution in [0.5, 0.6) is 5.06 Å². The highest BCUT2D eigenvalue weighted by atomic mass is 32.1. The van der Waals surface area contributed by atoms with E-state index in [2.05, 4.69) is 10.3 Å². The number of aryl methyl sites for hydroxylation is 1. The molecule has 0 aliphatic carbocycles. The zero-order chi connectivity index (χ0) is 11.5. The molecule has 1 N–H and O–H groups in total. The number of carbonyl (C=O) groups is 1. The highest BCUT2D eigenvalue weighted by Crippen LogP contribution is 2.33.